The highest BCUT2D eigenvalue weighted by Gasteiger charge is 2.31. The average molecular weight is 806 g/mol. The van der Waals surface area contributed by atoms with Gasteiger partial charge in [0.2, 0.25) is 0 Å². The smallest absolute Gasteiger partial charge is 0.407 e. The van der Waals surface area contributed by atoms with Gasteiger partial charge in [0.15, 0.2) is 5.65 Å². The summed E-state index contributed by atoms with van der Waals surface area (Å²) in [5, 5.41) is 10.3. The minimum Gasteiger partial charge on any atom is -0.497 e. The van der Waals surface area contributed by atoms with Gasteiger partial charge in [-0.3, -0.25) is 0 Å². The molecule has 1 fully saturated rings. The topological polar surface area (TPSA) is 126 Å². The molecule has 0 saturated carbocycles. The lowest BCUT2D eigenvalue weighted by molar-refractivity contribution is 0.136. The maximum Gasteiger partial charge on any atom is 0.407 e. The first-order valence-electron chi connectivity index (χ1n) is 19.0. The van der Waals surface area contributed by atoms with Gasteiger partial charge in [-0.2, -0.15) is 4.98 Å². The van der Waals surface area contributed by atoms with Gasteiger partial charge in [-0.1, -0.05) is 61.8 Å². The number of hydrogen-bond acceptors (Lipinski definition) is 9. The van der Waals surface area contributed by atoms with Gasteiger partial charge in [0.05, 0.1) is 41.7 Å². The molecule has 1 amide bonds. The summed E-state index contributed by atoms with van der Waals surface area (Å²) in [5.41, 5.74) is 3.94. The molecule has 0 unspecified atom stereocenters. The largest absolute Gasteiger partial charge is 0.497 e. The summed E-state index contributed by atoms with van der Waals surface area (Å²) in [5.74, 6) is 1.85. The Bertz CT molecular complexity index is 2480. The maximum atomic E-state index is 15.4. The third-order valence-electron chi connectivity index (χ3n) is 10.5. The molecule has 1 N–H and O–H groups in total. The Morgan fingerprint density at radius 1 is 0.931 bits per heavy atom. The van der Waals surface area contributed by atoms with Crippen LogP contribution < -0.4 is 25.0 Å². The summed E-state index contributed by atoms with van der Waals surface area (Å²) < 4.78 is 27.6. The number of anilines is 2. The van der Waals surface area contributed by atoms with E-state index < -0.39 is 17.6 Å². The van der Waals surface area contributed by atoms with Crippen LogP contribution in [-0.4, -0.2) is 75.5 Å². The van der Waals surface area contributed by atoms with E-state index in [-0.39, 0.29) is 53.5 Å². The SMILES string of the molecule is COc1ccc(CN(Cc2ccc(OC)cc2)c2cc(C)c(-n3c(=O)nc(N4CCN(C(=O)O)C[C@@H]4C)c4cc(Cl)c(-c5ccccc5F)nc43)c(C(C)C)n2)cc1. The van der Waals surface area contributed by atoms with Crippen molar-refractivity contribution in [1.29, 1.82) is 0 Å². The minimum absolute atomic E-state index is 0.165. The number of carboxylic acid groups (broad SMARTS) is 1. The van der Waals surface area contributed by atoms with Crippen molar-refractivity contribution in [1.82, 2.24) is 24.4 Å². The van der Waals surface area contributed by atoms with Gasteiger partial charge in [0, 0.05) is 44.3 Å². The zero-order valence-corrected chi connectivity index (χ0v) is 34.0. The van der Waals surface area contributed by atoms with Crippen LogP contribution in [0.4, 0.5) is 20.8 Å². The molecule has 3 aromatic carbocycles. The number of amides is 1. The van der Waals surface area contributed by atoms with Crippen LogP contribution in [0, 0.1) is 12.7 Å². The summed E-state index contributed by atoms with van der Waals surface area (Å²) >= 11 is 6.91. The summed E-state index contributed by atoms with van der Waals surface area (Å²) in [4.78, 5) is 46.8. The van der Waals surface area contributed by atoms with Crippen LogP contribution in [0.3, 0.4) is 0 Å². The molecular weight excluding hydrogens is 761 g/mol. The van der Waals surface area contributed by atoms with Gasteiger partial charge in [0.1, 0.15) is 29.0 Å². The van der Waals surface area contributed by atoms with Crippen LogP contribution in [-0.2, 0) is 13.1 Å². The van der Waals surface area contributed by atoms with Crippen molar-refractivity contribution >= 4 is 40.4 Å². The number of carbonyl (C=O) groups is 1. The normalized spacial score (nSPS) is 14.3. The zero-order valence-electron chi connectivity index (χ0n) is 33.2. The molecule has 4 heterocycles. The van der Waals surface area contributed by atoms with Crippen molar-refractivity contribution in [2.75, 3.05) is 43.7 Å². The monoisotopic (exact) mass is 805 g/mol. The molecule has 0 spiro atoms. The van der Waals surface area contributed by atoms with Gasteiger partial charge in [0.25, 0.3) is 0 Å². The molecular formula is C44H45ClFN7O5. The number of benzene rings is 3. The molecule has 3 aromatic heterocycles. The summed E-state index contributed by atoms with van der Waals surface area (Å²) in [6.45, 7) is 9.60. The van der Waals surface area contributed by atoms with E-state index in [4.69, 9.17) is 31.0 Å². The van der Waals surface area contributed by atoms with Crippen molar-refractivity contribution in [2.24, 2.45) is 0 Å². The van der Waals surface area contributed by atoms with Crippen molar-refractivity contribution < 1.29 is 23.8 Å². The van der Waals surface area contributed by atoms with E-state index in [0.717, 1.165) is 28.2 Å². The van der Waals surface area contributed by atoms with Gasteiger partial charge in [-0.15, -0.1) is 0 Å². The predicted octanol–water partition coefficient (Wildman–Crippen LogP) is 8.48. The summed E-state index contributed by atoms with van der Waals surface area (Å²) in [6.07, 6.45) is -1.02. The molecule has 58 heavy (non-hydrogen) atoms. The number of rotatable bonds is 11. The van der Waals surface area contributed by atoms with E-state index in [1.807, 2.05) is 87.2 Å². The lowest BCUT2D eigenvalue weighted by atomic mass is 10.0. The highest BCUT2D eigenvalue weighted by molar-refractivity contribution is 6.33. The average Bonchev–Trinajstić information content (AvgIpc) is 3.21. The van der Waals surface area contributed by atoms with Crippen LogP contribution in [0.15, 0.2) is 89.7 Å². The molecule has 300 valence electrons. The maximum absolute atomic E-state index is 15.4. The van der Waals surface area contributed by atoms with Crippen LogP contribution in [0.2, 0.25) is 5.02 Å². The number of pyridine rings is 2. The summed E-state index contributed by atoms with van der Waals surface area (Å²) in [6, 6.07) is 25.3. The molecule has 6 aromatic rings. The second-order valence-corrected chi connectivity index (χ2v) is 15.1. The second-order valence-electron chi connectivity index (χ2n) is 14.7. The second kappa shape index (κ2) is 16.7. The number of hydrogen-bond donors (Lipinski definition) is 1. The molecule has 14 heteroatoms. The van der Waals surface area contributed by atoms with Crippen molar-refractivity contribution in [2.45, 2.75) is 52.7 Å². The number of piperazine rings is 1. The fraction of sp³-hybridized carbons (Fsp3) is 0.295. The first-order valence-corrected chi connectivity index (χ1v) is 19.4. The van der Waals surface area contributed by atoms with Crippen molar-refractivity contribution in [3.05, 3.63) is 129 Å². The fourth-order valence-electron chi connectivity index (χ4n) is 7.46. The van der Waals surface area contributed by atoms with E-state index in [9.17, 15) is 14.7 Å². The number of aryl methyl sites for hydroxylation is 1. The van der Waals surface area contributed by atoms with Gasteiger partial charge in [-0.05, 0) is 85.0 Å². The molecule has 1 aliphatic heterocycles. The third kappa shape index (κ3) is 7.99. The molecule has 0 aliphatic carbocycles. The molecule has 12 nitrogen and oxygen atoms in total. The van der Waals surface area contributed by atoms with E-state index in [0.29, 0.717) is 41.5 Å². The van der Waals surface area contributed by atoms with Gasteiger partial charge in [-0.25, -0.2) is 28.5 Å². The van der Waals surface area contributed by atoms with E-state index in [2.05, 4.69) is 9.88 Å². The highest BCUT2D eigenvalue weighted by atomic mass is 35.5. The zero-order chi connectivity index (χ0) is 41.2. The first kappa shape index (κ1) is 40.0. The Labute approximate surface area is 341 Å². The highest BCUT2D eigenvalue weighted by Crippen LogP contribution is 2.37. The van der Waals surface area contributed by atoms with Crippen LogP contribution in [0.1, 0.15) is 49.1 Å². The molecule has 1 atom stereocenters. The Morgan fingerprint density at radius 2 is 1.55 bits per heavy atom. The fourth-order valence-corrected chi connectivity index (χ4v) is 7.72. The Kier molecular flexibility index (Phi) is 11.5. The van der Waals surface area contributed by atoms with E-state index in [1.165, 1.54) is 15.5 Å². The Hall–Kier alpha value is -6.21. The quantitative estimate of drug-likeness (QED) is 0.136. The number of aromatic nitrogens is 4. The van der Waals surface area contributed by atoms with Crippen LogP contribution in [0.5, 0.6) is 11.5 Å². The van der Waals surface area contributed by atoms with Crippen LogP contribution >= 0.6 is 11.6 Å². The first-order chi connectivity index (χ1) is 27.9. The molecule has 7 rings (SSSR count). The molecule has 0 radical (unpaired) electrons. The number of methoxy groups -OCH3 is 2. The van der Waals surface area contributed by atoms with Crippen molar-refractivity contribution in [3.63, 3.8) is 0 Å². The minimum atomic E-state index is -1.02. The third-order valence-corrected chi connectivity index (χ3v) is 10.7. The Morgan fingerprint density at radius 3 is 2.10 bits per heavy atom. The van der Waals surface area contributed by atoms with E-state index >= 15 is 4.39 Å². The van der Waals surface area contributed by atoms with E-state index in [1.54, 1.807) is 38.5 Å². The molecule has 0 bridgehead atoms. The van der Waals surface area contributed by atoms with Crippen LogP contribution in [0.25, 0.3) is 28.0 Å². The van der Waals surface area contributed by atoms with Gasteiger partial charge >= 0.3 is 11.8 Å². The lowest BCUT2D eigenvalue weighted by Crippen LogP contribution is -2.54. The van der Waals surface area contributed by atoms with Crippen molar-refractivity contribution in [3.8, 4) is 28.4 Å². The summed E-state index contributed by atoms with van der Waals surface area (Å²) in [7, 11) is 3.27. The lowest BCUT2D eigenvalue weighted by Gasteiger charge is -2.39. The predicted molar refractivity (Wildman–Crippen MR) is 224 cm³/mol. The number of ether oxygens (including phenoxy) is 2. The molecule has 1 aliphatic rings. The number of halogens is 2. The standard InChI is InChI=1S/C44H45ClFN7O5/c1-26(2)38-40(27(3)21-37(47-38)51(24-29-11-15-31(57-5)16-12-29)25-30-13-17-32(58-6)18-14-30)53-42-34(22-35(45)39(48-42)33-9-7-8-10-36(33)46)41(49-43(53)54)52-20-19-50(44(55)56)23-28(52)4/h7-18,21-22,26,28H,19-20,23-25H2,1-6H3,(H,55,56)/t28-/m0/s1. The Balaban J connectivity index is 1.42. The number of fused-ring (bicyclic) bond motifs is 1. The van der Waals surface area contributed by atoms with Gasteiger partial charge < -0.3 is 29.3 Å². The molecule has 1 saturated heterocycles. The number of nitrogens with zero attached hydrogens (tertiary/aromatic N) is 7.